The second-order valence-corrected chi connectivity index (χ2v) is 8.20. The zero-order valence-corrected chi connectivity index (χ0v) is 12.4. The van der Waals surface area contributed by atoms with E-state index in [9.17, 15) is 4.79 Å². The molecule has 1 heterocycles. The van der Waals surface area contributed by atoms with Gasteiger partial charge < -0.3 is 9.74 Å². The highest BCUT2D eigenvalue weighted by Crippen LogP contribution is 2.38. The highest BCUT2D eigenvalue weighted by molar-refractivity contribution is 6.48. The lowest BCUT2D eigenvalue weighted by molar-refractivity contribution is -0.138. The van der Waals surface area contributed by atoms with Crippen molar-refractivity contribution in [2.45, 2.75) is 39.4 Å². The summed E-state index contributed by atoms with van der Waals surface area (Å²) in [6, 6.07) is 0. The van der Waals surface area contributed by atoms with Crippen molar-refractivity contribution < 1.29 is 9.22 Å². The third-order valence-corrected chi connectivity index (χ3v) is 4.12. The van der Waals surface area contributed by atoms with E-state index in [1.165, 1.54) is 0 Å². The number of carbonyl (C=O) groups excluding carboxylic acids is 1. The zero-order valence-electron chi connectivity index (χ0n) is 10.6. The molecule has 0 unspecified atom stereocenters. The second kappa shape index (κ2) is 5.06. The number of nitrogens with one attached hydrogen (secondary N) is 1. The molecule has 0 aliphatic carbocycles. The van der Waals surface area contributed by atoms with Gasteiger partial charge >= 0.3 is 0 Å². The van der Waals surface area contributed by atoms with Crippen molar-refractivity contribution in [3.05, 3.63) is 0 Å². The monoisotopic (exact) mass is 262 g/mol. The molecular weight excluding hydrogens is 242 g/mol. The molecule has 1 aliphatic rings. The largest absolute Gasteiger partial charge is 0.417 e. The van der Waals surface area contributed by atoms with Crippen LogP contribution in [0.25, 0.3) is 0 Å². The lowest BCUT2D eigenvalue weighted by Gasteiger charge is -2.44. The Labute approximate surface area is 105 Å². The van der Waals surface area contributed by atoms with Gasteiger partial charge in [-0.3, -0.25) is 4.79 Å². The van der Waals surface area contributed by atoms with Crippen LogP contribution in [0.5, 0.6) is 0 Å². The number of alkyl halides is 1. The molecule has 0 aromatic heterocycles. The third kappa shape index (κ3) is 3.21. The topological polar surface area (TPSA) is 38.3 Å². The van der Waals surface area contributed by atoms with Crippen molar-refractivity contribution in [2.75, 3.05) is 6.61 Å². The number of rotatable bonds is 4. The first-order chi connectivity index (χ1) is 7.23. The molecule has 1 fully saturated rings. The van der Waals surface area contributed by atoms with Gasteiger partial charge in [0.1, 0.15) is 5.50 Å². The molecule has 1 aliphatic heterocycles. The van der Waals surface area contributed by atoms with E-state index in [1.54, 1.807) is 0 Å². The van der Waals surface area contributed by atoms with Crippen LogP contribution in [0, 0.1) is 17.3 Å². The van der Waals surface area contributed by atoms with E-state index >= 15 is 0 Å². The van der Waals surface area contributed by atoms with E-state index < -0.39 is 9.04 Å². The Morgan fingerprint density at radius 1 is 1.50 bits per heavy atom. The van der Waals surface area contributed by atoms with Crippen LogP contribution in [0.1, 0.15) is 20.8 Å². The van der Waals surface area contributed by atoms with Gasteiger partial charge in [-0.1, -0.05) is 32.4 Å². The van der Waals surface area contributed by atoms with E-state index in [0.717, 1.165) is 0 Å². The molecule has 1 saturated heterocycles. The fraction of sp³-hybridized carbons (Fsp3) is 0.909. The van der Waals surface area contributed by atoms with Gasteiger partial charge in [0.15, 0.2) is 0 Å². The zero-order chi connectivity index (χ0) is 12.5. The van der Waals surface area contributed by atoms with E-state index in [-0.39, 0.29) is 28.7 Å². The van der Waals surface area contributed by atoms with Crippen LogP contribution in [0.4, 0.5) is 0 Å². The fourth-order valence-electron chi connectivity index (χ4n) is 1.89. The van der Waals surface area contributed by atoms with Crippen molar-refractivity contribution in [1.82, 2.24) is 5.32 Å². The first-order valence-electron chi connectivity index (χ1n) is 5.61. The molecule has 0 aromatic rings. The van der Waals surface area contributed by atoms with Gasteiger partial charge in [-0.05, 0) is 18.5 Å². The van der Waals surface area contributed by atoms with Crippen LogP contribution >= 0.6 is 11.6 Å². The summed E-state index contributed by atoms with van der Waals surface area (Å²) in [5.74, 6) is 0.135. The van der Waals surface area contributed by atoms with E-state index in [4.69, 9.17) is 16.0 Å². The number of amides is 1. The standard InChI is InChI=1S/C11H21ClNO2Si/c1-11(2,3)7(6-15-16(4)5)8-9(12)13-10(8)14/h7-9H,6H2,1-5H3,(H,13,14)/t7-,8-,9+/m1/s1. The number of hydrogen-bond donors (Lipinski definition) is 1. The molecule has 1 N–H and O–H groups in total. The molecule has 0 spiro atoms. The molecule has 0 bridgehead atoms. The summed E-state index contributed by atoms with van der Waals surface area (Å²) in [6.45, 7) is 11.2. The summed E-state index contributed by atoms with van der Waals surface area (Å²) in [5, 5.41) is 2.68. The van der Waals surface area contributed by atoms with Crippen LogP contribution < -0.4 is 5.32 Å². The first kappa shape index (κ1) is 14.0. The summed E-state index contributed by atoms with van der Waals surface area (Å²) < 4.78 is 5.75. The highest BCUT2D eigenvalue weighted by Gasteiger charge is 2.47. The maximum absolute atomic E-state index is 11.5. The van der Waals surface area contributed by atoms with Crippen molar-refractivity contribution in [1.29, 1.82) is 0 Å². The summed E-state index contributed by atoms with van der Waals surface area (Å²) in [6.07, 6.45) is 0. The van der Waals surface area contributed by atoms with Crippen molar-refractivity contribution in [3.8, 4) is 0 Å². The van der Waals surface area contributed by atoms with Crippen LogP contribution in [-0.2, 0) is 9.22 Å². The van der Waals surface area contributed by atoms with Gasteiger partial charge in [0, 0.05) is 12.5 Å². The average molecular weight is 263 g/mol. The van der Waals surface area contributed by atoms with Crippen LogP contribution in [0.3, 0.4) is 0 Å². The fourth-order valence-corrected chi connectivity index (χ4v) is 2.80. The van der Waals surface area contributed by atoms with Crippen LogP contribution in [0.15, 0.2) is 0 Å². The normalized spacial score (nSPS) is 27.6. The number of hydrogen-bond acceptors (Lipinski definition) is 2. The molecule has 3 nitrogen and oxygen atoms in total. The minimum absolute atomic E-state index is 0.0346. The molecule has 0 aromatic carbocycles. The lowest BCUT2D eigenvalue weighted by Crippen LogP contribution is -2.60. The molecule has 5 heteroatoms. The van der Waals surface area contributed by atoms with E-state index in [1.807, 2.05) is 0 Å². The van der Waals surface area contributed by atoms with Gasteiger partial charge in [-0.2, -0.15) is 0 Å². The molecule has 1 rings (SSSR count). The van der Waals surface area contributed by atoms with Crippen molar-refractivity contribution >= 4 is 26.5 Å². The maximum atomic E-state index is 11.5. The van der Waals surface area contributed by atoms with Gasteiger partial charge in [-0.15, -0.1) is 0 Å². The molecular formula is C11H21ClNO2Si. The summed E-state index contributed by atoms with van der Waals surface area (Å²) in [4.78, 5) is 11.5. The number of halogens is 1. The average Bonchev–Trinajstić information content (AvgIpc) is 2.09. The predicted octanol–water partition coefficient (Wildman–Crippen LogP) is 2.23. The number of β-lactam (4-membered cyclic amide) rings is 1. The lowest BCUT2D eigenvalue weighted by atomic mass is 9.71. The predicted molar refractivity (Wildman–Crippen MR) is 67.7 cm³/mol. The van der Waals surface area contributed by atoms with Crippen LogP contribution in [0.2, 0.25) is 13.1 Å². The molecule has 1 radical (unpaired) electrons. The molecule has 1 amide bonds. The van der Waals surface area contributed by atoms with Gasteiger partial charge in [0.2, 0.25) is 14.9 Å². The highest BCUT2D eigenvalue weighted by atomic mass is 35.5. The SMILES string of the molecule is C[Si](C)OC[C@H]([C@H]1C(=O)N[C@@H]1Cl)C(C)(C)C. The molecule has 93 valence electrons. The van der Waals surface area contributed by atoms with E-state index in [2.05, 4.69) is 39.2 Å². The Hall–Kier alpha value is -0.0631. The Bertz CT molecular complexity index is 265. The third-order valence-electron chi connectivity index (χ3n) is 3.00. The first-order valence-corrected chi connectivity index (χ1v) is 8.45. The smallest absolute Gasteiger partial charge is 0.228 e. The van der Waals surface area contributed by atoms with Crippen molar-refractivity contribution in [3.63, 3.8) is 0 Å². The van der Waals surface area contributed by atoms with Gasteiger partial charge in [-0.25, -0.2) is 0 Å². The van der Waals surface area contributed by atoms with Gasteiger partial charge in [0.05, 0.1) is 5.92 Å². The Morgan fingerprint density at radius 2 is 2.06 bits per heavy atom. The van der Waals surface area contributed by atoms with E-state index in [0.29, 0.717) is 6.61 Å². The van der Waals surface area contributed by atoms with Crippen molar-refractivity contribution in [2.24, 2.45) is 17.3 Å². The van der Waals surface area contributed by atoms with Gasteiger partial charge in [0.25, 0.3) is 0 Å². The Kier molecular flexibility index (Phi) is 4.43. The second-order valence-electron chi connectivity index (χ2n) is 5.63. The molecule has 16 heavy (non-hydrogen) atoms. The quantitative estimate of drug-likeness (QED) is 0.365. The summed E-state index contributed by atoms with van der Waals surface area (Å²) in [7, 11) is -0.716. The molecule has 0 saturated carbocycles. The van der Waals surface area contributed by atoms with Crippen LogP contribution in [-0.4, -0.2) is 27.1 Å². The Morgan fingerprint density at radius 3 is 2.38 bits per heavy atom. The molecule has 3 atom stereocenters. The minimum atomic E-state index is -0.716. The summed E-state index contributed by atoms with van der Waals surface area (Å²) in [5.41, 5.74) is -0.197. The maximum Gasteiger partial charge on any atom is 0.228 e. The summed E-state index contributed by atoms with van der Waals surface area (Å²) >= 11 is 6.05. The number of carbonyl (C=O) groups is 1. The minimum Gasteiger partial charge on any atom is -0.417 e. The Balaban J connectivity index is 2.68.